The van der Waals surface area contributed by atoms with Crippen molar-refractivity contribution in [2.45, 2.75) is 24.2 Å². The number of sulfonamides is 1. The van der Waals surface area contributed by atoms with E-state index >= 15 is 0 Å². The zero-order valence-corrected chi connectivity index (χ0v) is 15.6. The van der Waals surface area contributed by atoms with Crippen molar-refractivity contribution in [3.8, 4) is 5.75 Å². The van der Waals surface area contributed by atoms with E-state index in [4.69, 9.17) is 4.74 Å². The highest BCUT2D eigenvalue weighted by molar-refractivity contribution is 7.89. The summed E-state index contributed by atoms with van der Waals surface area (Å²) in [6, 6.07) is 3.86. The number of nitro groups is 1. The molecule has 3 rings (SSSR count). The quantitative estimate of drug-likeness (QED) is 0.620. The van der Waals surface area contributed by atoms with Crippen LogP contribution in [0, 0.1) is 15.5 Å². The summed E-state index contributed by atoms with van der Waals surface area (Å²) in [6.45, 7) is 2.61. The molecule has 2 fully saturated rings. The van der Waals surface area contributed by atoms with Crippen LogP contribution < -0.4 is 10.1 Å². The molecule has 0 bridgehead atoms. The Morgan fingerprint density at radius 1 is 1.28 bits per heavy atom. The van der Waals surface area contributed by atoms with Gasteiger partial charge in [-0.15, -0.1) is 12.4 Å². The first-order chi connectivity index (χ1) is 11.4. The summed E-state index contributed by atoms with van der Waals surface area (Å²) in [6.07, 6.45) is 2.67. The van der Waals surface area contributed by atoms with E-state index in [-0.39, 0.29) is 28.5 Å². The summed E-state index contributed by atoms with van der Waals surface area (Å²) >= 11 is 0. The Morgan fingerprint density at radius 2 is 1.96 bits per heavy atom. The van der Waals surface area contributed by atoms with Crippen molar-refractivity contribution in [2.75, 3.05) is 33.3 Å². The van der Waals surface area contributed by atoms with E-state index in [1.54, 1.807) is 0 Å². The van der Waals surface area contributed by atoms with Gasteiger partial charge in [0.2, 0.25) is 10.0 Å². The van der Waals surface area contributed by atoms with Gasteiger partial charge in [-0.2, -0.15) is 4.31 Å². The first kappa shape index (κ1) is 19.9. The van der Waals surface area contributed by atoms with Gasteiger partial charge in [-0.3, -0.25) is 10.1 Å². The highest BCUT2D eigenvalue weighted by Crippen LogP contribution is 2.41. The van der Waals surface area contributed by atoms with Gasteiger partial charge in [-0.1, -0.05) is 0 Å². The highest BCUT2D eigenvalue weighted by atomic mass is 35.5. The Hall–Kier alpha value is -1.42. The number of rotatable bonds is 4. The zero-order chi connectivity index (χ0) is 17.4. The van der Waals surface area contributed by atoms with Crippen LogP contribution >= 0.6 is 12.4 Å². The largest absolute Gasteiger partial charge is 0.497 e. The third-order valence-electron chi connectivity index (χ3n) is 5.05. The monoisotopic (exact) mass is 391 g/mol. The van der Waals surface area contributed by atoms with Gasteiger partial charge in [0.1, 0.15) is 5.75 Å². The number of hydrogen-bond donors (Lipinski definition) is 1. The minimum Gasteiger partial charge on any atom is -0.497 e. The molecule has 1 aromatic carbocycles. The van der Waals surface area contributed by atoms with E-state index in [2.05, 4.69) is 5.32 Å². The number of piperidine rings is 1. The normalized spacial score (nSPS) is 20.2. The fraction of sp³-hybridized carbons (Fsp3) is 0.600. The van der Waals surface area contributed by atoms with E-state index in [1.807, 2.05) is 0 Å². The molecule has 0 aromatic heterocycles. The molecule has 0 saturated carbocycles. The van der Waals surface area contributed by atoms with Crippen molar-refractivity contribution >= 4 is 28.1 Å². The van der Waals surface area contributed by atoms with Crippen LogP contribution in [0.15, 0.2) is 23.1 Å². The molecule has 25 heavy (non-hydrogen) atoms. The number of nitro benzene ring substituents is 1. The predicted octanol–water partition coefficient (Wildman–Crippen LogP) is 1.79. The molecule has 140 valence electrons. The second kappa shape index (κ2) is 7.45. The predicted molar refractivity (Wildman–Crippen MR) is 94.8 cm³/mol. The first-order valence-corrected chi connectivity index (χ1v) is 9.35. The van der Waals surface area contributed by atoms with Crippen LogP contribution in [0.1, 0.15) is 19.3 Å². The lowest BCUT2D eigenvalue weighted by Gasteiger charge is -2.33. The second-order valence-electron chi connectivity index (χ2n) is 6.43. The molecule has 1 spiro atoms. The Bertz CT molecular complexity index is 750. The highest BCUT2D eigenvalue weighted by Gasteiger charge is 2.44. The number of nitrogens with zero attached hydrogens (tertiary/aromatic N) is 2. The molecule has 2 aliphatic heterocycles. The van der Waals surface area contributed by atoms with Crippen LogP contribution in [0.25, 0.3) is 0 Å². The summed E-state index contributed by atoms with van der Waals surface area (Å²) < 4.78 is 32.3. The van der Waals surface area contributed by atoms with Crippen LogP contribution in [0.4, 0.5) is 5.69 Å². The van der Waals surface area contributed by atoms with Gasteiger partial charge >= 0.3 is 0 Å². The zero-order valence-electron chi connectivity index (χ0n) is 13.9. The van der Waals surface area contributed by atoms with E-state index in [0.29, 0.717) is 13.1 Å². The molecule has 1 aromatic rings. The molecule has 1 N–H and O–H groups in total. The first-order valence-electron chi connectivity index (χ1n) is 7.91. The van der Waals surface area contributed by atoms with Crippen molar-refractivity contribution in [3.63, 3.8) is 0 Å². The third-order valence-corrected chi connectivity index (χ3v) is 6.94. The fourth-order valence-electron chi connectivity index (χ4n) is 3.59. The van der Waals surface area contributed by atoms with Gasteiger partial charge in [0, 0.05) is 13.1 Å². The molecule has 8 nitrogen and oxygen atoms in total. The lowest BCUT2D eigenvalue weighted by atomic mass is 9.78. The molecule has 10 heteroatoms. The standard InChI is InChI=1S/C15H21N3O5S.ClH/c1-23-12-2-3-14(13(10-12)18(19)20)24(21,22)17-9-6-15(11-17)4-7-16-8-5-15;/h2-3,10,16H,4-9,11H2,1H3;1H. The third kappa shape index (κ3) is 3.74. The van der Waals surface area contributed by atoms with Crippen molar-refractivity contribution < 1.29 is 18.1 Å². The average molecular weight is 392 g/mol. The summed E-state index contributed by atoms with van der Waals surface area (Å²) in [5.41, 5.74) is -0.444. The van der Waals surface area contributed by atoms with E-state index < -0.39 is 20.6 Å². The van der Waals surface area contributed by atoms with Gasteiger partial charge in [0.05, 0.1) is 18.1 Å². The van der Waals surface area contributed by atoms with Crippen LogP contribution in [0.5, 0.6) is 5.75 Å². The van der Waals surface area contributed by atoms with Gasteiger partial charge in [-0.25, -0.2) is 8.42 Å². The number of nitrogens with one attached hydrogen (secondary N) is 1. The van der Waals surface area contributed by atoms with Gasteiger partial charge < -0.3 is 10.1 Å². The van der Waals surface area contributed by atoms with Gasteiger partial charge in [0.15, 0.2) is 4.90 Å². The Labute approximate surface area is 153 Å². The van der Waals surface area contributed by atoms with Crippen molar-refractivity contribution in [3.05, 3.63) is 28.3 Å². The van der Waals surface area contributed by atoms with Gasteiger partial charge in [-0.05, 0) is 49.9 Å². The molecule has 0 unspecified atom stereocenters. The molecule has 0 radical (unpaired) electrons. The molecule has 0 amide bonds. The molecule has 0 atom stereocenters. The maximum atomic E-state index is 13.0. The lowest BCUT2D eigenvalue weighted by Crippen LogP contribution is -2.39. The van der Waals surface area contributed by atoms with Crippen molar-refractivity contribution in [1.82, 2.24) is 9.62 Å². The van der Waals surface area contributed by atoms with E-state index in [0.717, 1.165) is 38.4 Å². The Kier molecular flexibility index (Phi) is 5.93. The molecular formula is C15H22ClN3O5S. The number of methoxy groups -OCH3 is 1. The fourth-order valence-corrected chi connectivity index (χ4v) is 5.28. The number of benzene rings is 1. The number of ether oxygens (including phenoxy) is 1. The topological polar surface area (TPSA) is 102 Å². The van der Waals surface area contributed by atoms with Crippen LogP contribution in [0.2, 0.25) is 0 Å². The molecule has 0 aliphatic carbocycles. The smallest absolute Gasteiger partial charge is 0.293 e. The SMILES string of the molecule is COc1ccc(S(=O)(=O)N2CCC3(CCNCC3)C2)c([N+](=O)[O-])c1.Cl. The minimum atomic E-state index is -3.90. The summed E-state index contributed by atoms with van der Waals surface area (Å²) in [4.78, 5) is 10.4. The molecule has 2 heterocycles. The summed E-state index contributed by atoms with van der Waals surface area (Å²) in [7, 11) is -2.52. The maximum absolute atomic E-state index is 13.0. The van der Waals surface area contributed by atoms with E-state index in [1.165, 1.54) is 23.5 Å². The maximum Gasteiger partial charge on any atom is 0.293 e. The van der Waals surface area contributed by atoms with Crippen LogP contribution in [0.3, 0.4) is 0 Å². The van der Waals surface area contributed by atoms with Crippen molar-refractivity contribution in [2.24, 2.45) is 5.41 Å². The Morgan fingerprint density at radius 3 is 2.56 bits per heavy atom. The van der Waals surface area contributed by atoms with Crippen LogP contribution in [-0.4, -0.2) is 50.9 Å². The van der Waals surface area contributed by atoms with Crippen LogP contribution in [-0.2, 0) is 10.0 Å². The lowest BCUT2D eigenvalue weighted by molar-refractivity contribution is -0.387. The number of halogens is 1. The number of hydrogen-bond acceptors (Lipinski definition) is 6. The Balaban J connectivity index is 0.00000225. The summed E-state index contributed by atoms with van der Waals surface area (Å²) in [5, 5.41) is 14.6. The molecular weight excluding hydrogens is 370 g/mol. The summed E-state index contributed by atoms with van der Waals surface area (Å²) in [5.74, 6) is 0.261. The molecule has 2 aliphatic rings. The van der Waals surface area contributed by atoms with Crippen molar-refractivity contribution in [1.29, 1.82) is 0 Å². The molecule has 2 saturated heterocycles. The minimum absolute atomic E-state index is 0. The van der Waals surface area contributed by atoms with Gasteiger partial charge in [0.25, 0.3) is 5.69 Å². The average Bonchev–Trinajstić information content (AvgIpc) is 2.99. The van der Waals surface area contributed by atoms with E-state index in [9.17, 15) is 18.5 Å². The second-order valence-corrected chi connectivity index (χ2v) is 8.34.